The second-order valence-electron chi connectivity index (χ2n) is 8.89. The van der Waals surface area contributed by atoms with Crippen LogP contribution in [0.15, 0.2) is 67.3 Å². The summed E-state index contributed by atoms with van der Waals surface area (Å²) < 4.78 is 27.8. The van der Waals surface area contributed by atoms with Crippen LogP contribution in [0.2, 0.25) is 0 Å². The summed E-state index contributed by atoms with van der Waals surface area (Å²) in [5.74, 6) is 0. The number of hydrogen-bond acceptors (Lipinski definition) is 4. The molecule has 1 fully saturated rings. The molecular weight excluding hydrogens is 432 g/mol. The molecular formula is C26H30N4O2S. The molecule has 6 nitrogen and oxygen atoms in total. The van der Waals surface area contributed by atoms with E-state index in [-0.39, 0.29) is 6.04 Å². The molecule has 0 amide bonds. The van der Waals surface area contributed by atoms with Crippen LogP contribution in [0, 0.1) is 0 Å². The molecule has 0 radical (unpaired) electrons. The van der Waals surface area contributed by atoms with Crippen molar-refractivity contribution in [3.63, 3.8) is 0 Å². The van der Waals surface area contributed by atoms with Crippen LogP contribution < -0.4 is 0 Å². The van der Waals surface area contributed by atoms with Gasteiger partial charge in [-0.2, -0.15) is 4.31 Å². The minimum Gasteiger partial charge on any atom is -0.337 e. The van der Waals surface area contributed by atoms with Crippen LogP contribution in [0.1, 0.15) is 41.1 Å². The Bertz CT molecular complexity index is 1240. The lowest BCUT2D eigenvalue weighted by Crippen LogP contribution is -2.49. The molecule has 0 spiro atoms. The van der Waals surface area contributed by atoms with Gasteiger partial charge in [-0.05, 0) is 40.7 Å². The molecule has 1 unspecified atom stereocenters. The number of nitrogens with zero attached hydrogens (tertiary/aromatic N) is 4. The van der Waals surface area contributed by atoms with E-state index in [1.165, 1.54) is 34.1 Å². The first kappa shape index (κ1) is 22.1. The molecule has 7 heteroatoms. The smallest absolute Gasteiger partial charge is 0.211 e. The van der Waals surface area contributed by atoms with E-state index in [1.807, 2.05) is 18.7 Å². The highest BCUT2D eigenvalue weighted by atomic mass is 32.2. The second-order valence-corrected chi connectivity index (χ2v) is 10.9. The van der Waals surface area contributed by atoms with Crippen LogP contribution in [0.3, 0.4) is 0 Å². The Balaban J connectivity index is 1.48. The van der Waals surface area contributed by atoms with E-state index < -0.39 is 10.0 Å². The molecule has 1 saturated heterocycles. The summed E-state index contributed by atoms with van der Waals surface area (Å²) in [6, 6.07) is 17.5. The maximum absolute atomic E-state index is 12.0. The van der Waals surface area contributed by atoms with E-state index in [9.17, 15) is 8.42 Å². The summed E-state index contributed by atoms with van der Waals surface area (Å²) in [6.07, 6.45) is 11.4. The second kappa shape index (κ2) is 9.25. The van der Waals surface area contributed by atoms with Gasteiger partial charge in [0.2, 0.25) is 10.0 Å². The molecule has 33 heavy (non-hydrogen) atoms. The summed E-state index contributed by atoms with van der Waals surface area (Å²) in [6.45, 7) is 3.44. The first-order valence-corrected chi connectivity index (χ1v) is 13.4. The van der Waals surface area contributed by atoms with E-state index in [1.54, 1.807) is 4.31 Å². The SMILES string of the molecule is CS(=O)(=O)N1CCN(C2c3ccccc3C=C(CCCn3ccnc3)c3ccccc32)CC1. The van der Waals surface area contributed by atoms with Gasteiger partial charge in [-0.1, -0.05) is 54.6 Å². The van der Waals surface area contributed by atoms with Crippen LogP contribution in [-0.2, 0) is 16.6 Å². The molecule has 5 rings (SSSR count). The van der Waals surface area contributed by atoms with Gasteiger partial charge >= 0.3 is 0 Å². The molecule has 2 aliphatic rings. The Kier molecular flexibility index (Phi) is 6.19. The van der Waals surface area contributed by atoms with E-state index >= 15 is 0 Å². The van der Waals surface area contributed by atoms with Crippen LogP contribution in [0.5, 0.6) is 0 Å². The number of allylic oxidation sites excluding steroid dienone is 1. The van der Waals surface area contributed by atoms with E-state index in [2.05, 4.69) is 69.1 Å². The molecule has 1 aliphatic carbocycles. The summed E-state index contributed by atoms with van der Waals surface area (Å²) in [4.78, 5) is 6.60. The topological polar surface area (TPSA) is 58.4 Å². The van der Waals surface area contributed by atoms with Crippen molar-refractivity contribution >= 4 is 21.7 Å². The Morgan fingerprint density at radius 1 is 0.970 bits per heavy atom. The zero-order valence-electron chi connectivity index (χ0n) is 19.0. The van der Waals surface area contributed by atoms with Crippen LogP contribution in [-0.4, -0.2) is 59.6 Å². The van der Waals surface area contributed by atoms with Gasteiger partial charge in [0, 0.05) is 45.1 Å². The molecule has 172 valence electrons. The number of imidazole rings is 1. The molecule has 1 atom stereocenters. The third-order valence-electron chi connectivity index (χ3n) is 6.75. The summed E-state index contributed by atoms with van der Waals surface area (Å²) in [7, 11) is -3.16. The lowest BCUT2D eigenvalue weighted by atomic mass is 9.90. The number of hydrogen-bond donors (Lipinski definition) is 0. The molecule has 0 saturated carbocycles. The number of rotatable bonds is 6. The zero-order chi connectivity index (χ0) is 22.8. The Morgan fingerprint density at radius 3 is 2.42 bits per heavy atom. The van der Waals surface area contributed by atoms with Gasteiger partial charge in [0.25, 0.3) is 0 Å². The number of fused-ring (bicyclic) bond motifs is 2. The summed E-state index contributed by atoms with van der Waals surface area (Å²) in [5, 5.41) is 0. The van der Waals surface area contributed by atoms with E-state index in [4.69, 9.17) is 0 Å². The zero-order valence-corrected chi connectivity index (χ0v) is 19.8. The number of benzene rings is 2. The fraction of sp³-hybridized carbons (Fsp3) is 0.346. The maximum Gasteiger partial charge on any atom is 0.211 e. The lowest BCUT2D eigenvalue weighted by molar-refractivity contribution is 0.156. The van der Waals surface area contributed by atoms with Crippen LogP contribution in [0.4, 0.5) is 0 Å². The quantitative estimate of drug-likeness (QED) is 0.558. The van der Waals surface area contributed by atoms with Gasteiger partial charge in [0.1, 0.15) is 0 Å². The third-order valence-corrected chi connectivity index (χ3v) is 8.05. The minimum atomic E-state index is -3.16. The monoisotopic (exact) mass is 462 g/mol. The van der Waals surface area contributed by atoms with Gasteiger partial charge in [-0.25, -0.2) is 13.4 Å². The predicted molar refractivity (Wildman–Crippen MR) is 132 cm³/mol. The van der Waals surface area contributed by atoms with Crippen molar-refractivity contribution in [3.8, 4) is 0 Å². The van der Waals surface area contributed by atoms with E-state index in [0.29, 0.717) is 13.1 Å². The van der Waals surface area contributed by atoms with Gasteiger partial charge in [0.05, 0.1) is 18.6 Å². The molecule has 2 aromatic carbocycles. The van der Waals surface area contributed by atoms with Crippen molar-refractivity contribution < 1.29 is 8.42 Å². The standard InChI is InChI=1S/C26H30N4O2S/c1-33(31,32)30-17-15-29(16-18-30)26-24-10-3-2-7-22(24)19-21(23-9-4-5-11-25(23)26)8-6-13-28-14-12-27-20-28/h2-5,7,9-12,14,19-20,26H,6,8,13,15-18H2,1H3. The van der Waals surface area contributed by atoms with Crippen molar-refractivity contribution in [1.29, 1.82) is 0 Å². The molecule has 1 aromatic heterocycles. The van der Waals surface area contributed by atoms with Crippen molar-refractivity contribution in [1.82, 2.24) is 18.8 Å². The van der Waals surface area contributed by atoms with Crippen molar-refractivity contribution in [3.05, 3.63) is 89.5 Å². The van der Waals surface area contributed by atoms with Crippen LogP contribution in [0.25, 0.3) is 11.6 Å². The van der Waals surface area contributed by atoms with E-state index in [0.717, 1.165) is 32.5 Å². The maximum atomic E-state index is 12.0. The minimum absolute atomic E-state index is 0.113. The largest absolute Gasteiger partial charge is 0.337 e. The predicted octanol–water partition coefficient (Wildman–Crippen LogP) is 3.88. The highest BCUT2D eigenvalue weighted by Gasteiger charge is 2.32. The lowest BCUT2D eigenvalue weighted by Gasteiger charge is -2.39. The number of aromatic nitrogens is 2. The van der Waals surface area contributed by atoms with Crippen molar-refractivity contribution in [2.24, 2.45) is 0 Å². The summed E-state index contributed by atoms with van der Waals surface area (Å²) in [5.41, 5.74) is 6.51. The van der Waals surface area contributed by atoms with Gasteiger partial charge < -0.3 is 4.57 Å². The fourth-order valence-corrected chi connectivity index (χ4v) is 5.94. The van der Waals surface area contributed by atoms with Crippen molar-refractivity contribution in [2.75, 3.05) is 32.4 Å². The Labute approximate surface area is 196 Å². The highest BCUT2D eigenvalue weighted by Crippen LogP contribution is 2.41. The Hall–Kier alpha value is -2.74. The highest BCUT2D eigenvalue weighted by molar-refractivity contribution is 7.88. The van der Waals surface area contributed by atoms with Gasteiger partial charge in [-0.3, -0.25) is 4.90 Å². The Morgan fingerprint density at radius 2 is 1.70 bits per heavy atom. The first-order chi connectivity index (χ1) is 16.0. The van der Waals surface area contributed by atoms with Gasteiger partial charge in [0.15, 0.2) is 0 Å². The summed E-state index contributed by atoms with van der Waals surface area (Å²) >= 11 is 0. The average molecular weight is 463 g/mol. The number of sulfonamides is 1. The fourth-order valence-electron chi connectivity index (χ4n) is 5.12. The number of piperazine rings is 1. The molecule has 2 heterocycles. The normalized spacial score (nSPS) is 19.4. The molecule has 3 aromatic rings. The average Bonchev–Trinajstić information content (AvgIpc) is 3.28. The molecule has 0 bridgehead atoms. The third kappa shape index (κ3) is 4.67. The first-order valence-electron chi connectivity index (χ1n) is 11.5. The number of aryl methyl sites for hydroxylation is 1. The van der Waals surface area contributed by atoms with Crippen molar-refractivity contribution in [2.45, 2.75) is 25.4 Å². The molecule has 0 N–H and O–H groups in total. The molecule has 1 aliphatic heterocycles. The van der Waals surface area contributed by atoms with Crippen LogP contribution >= 0.6 is 0 Å². The van der Waals surface area contributed by atoms with Gasteiger partial charge in [-0.15, -0.1) is 0 Å².